The lowest BCUT2D eigenvalue weighted by molar-refractivity contribution is -0.126. The number of hydrogen-bond donors (Lipinski definition) is 1. The predicted molar refractivity (Wildman–Crippen MR) is 116 cm³/mol. The van der Waals surface area contributed by atoms with Crippen LogP contribution in [0, 0.1) is 11.8 Å². The fraction of sp³-hybridized carbons (Fsp3) is 0.476. The van der Waals surface area contributed by atoms with Crippen LogP contribution in [0.1, 0.15) is 25.3 Å². The molecule has 1 amide bonds. The van der Waals surface area contributed by atoms with Crippen molar-refractivity contribution < 1.29 is 22.7 Å². The highest BCUT2D eigenvalue weighted by Crippen LogP contribution is 2.30. The zero-order chi connectivity index (χ0) is 21.7. The highest BCUT2D eigenvalue weighted by molar-refractivity contribution is 7.91. The third-order valence-corrected chi connectivity index (χ3v) is 8.92. The van der Waals surface area contributed by atoms with Gasteiger partial charge in [-0.2, -0.15) is 4.31 Å². The number of amides is 1. The zero-order valence-electron chi connectivity index (χ0n) is 17.5. The molecule has 30 heavy (non-hydrogen) atoms. The Kier molecular flexibility index (Phi) is 7.38. The van der Waals surface area contributed by atoms with E-state index in [1.165, 1.54) is 15.6 Å². The molecule has 1 aliphatic heterocycles. The molecule has 3 rings (SSSR count). The van der Waals surface area contributed by atoms with E-state index in [0.29, 0.717) is 48.2 Å². The van der Waals surface area contributed by atoms with Gasteiger partial charge in [-0.25, -0.2) is 8.42 Å². The topological polar surface area (TPSA) is 84.9 Å². The Bertz CT molecular complexity index is 952. The van der Waals surface area contributed by atoms with Gasteiger partial charge in [0.15, 0.2) is 0 Å². The number of piperidine rings is 1. The second kappa shape index (κ2) is 9.80. The van der Waals surface area contributed by atoms with Gasteiger partial charge in [0.25, 0.3) is 10.0 Å². The summed E-state index contributed by atoms with van der Waals surface area (Å²) in [4.78, 5) is 12.7. The molecule has 2 heterocycles. The molecule has 0 aliphatic carbocycles. The van der Waals surface area contributed by atoms with Crippen LogP contribution in [0.3, 0.4) is 0 Å². The Hall–Kier alpha value is -2.10. The average molecular weight is 453 g/mol. The van der Waals surface area contributed by atoms with Crippen molar-refractivity contribution in [2.75, 3.05) is 27.3 Å². The fourth-order valence-electron chi connectivity index (χ4n) is 3.73. The molecule has 1 saturated heterocycles. The van der Waals surface area contributed by atoms with E-state index in [9.17, 15) is 13.2 Å². The van der Waals surface area contributed by atoms with Crippen molar-refractivity contribution in [3.05, 3.63) is 41.3 Å². The van der Waals surface area contributed by atoms with Crippen LogP contribution < -0.4 is 14.8 Å². The van der Waals surface area contributed by atoms with Gasteiger partial charge in [0.1, 0.15) is 15.7 Å². The quantitative estimate of drug-likeness (QED) is 0.665. The highest BCUT2D eigenvalue weighted by Gasteiger charge is 2.33. The minimum atomic E-state index is -3.42. The van der Waals surface area contributed by atoms with Gasteiger partial charge >= 0.3 is 0 Å². The number of carbonyl (C=O) groups excluding carboxylic acids is 1. The summed E-state index contributed by atoms with van der Waals surface area (Å²) in [5, 5.41) is 4.75. The molecule has 0 radical (unpaired) electrons. The largest absolute Gasteiger partial charge is 0.497 e. The first kappa shape index (κ1) is 22.6. The van der Waals surface area contributed by atoms with Gasteiger partial charge in [0, 0.05) is 31.1 Å². The van der Waals surface area contributed by atoms with Crippen LogP contribution in [0.4, 0.5) is 0 Å². The van der Waals surface area contributed by atoms with Crippen LogP contribution in [0.25, 0.3) is 0 Å². The number of carbonyl (C=O) groups is 1. The molecule has 1 N–H and O–H groups in total. The second-order valence-electron chi connectivity index (χ2n) is 7.36. The molecule has 1 fully saturated rings. The standard InChI is InChI=1S/C21H28N2O5S2/c1-15(21(24)22-14-17-13-18(27-2)6-7-19(17)28-3)16-8-10-23(11-9-16)30(25,26)20-5-4-12-29-20/h4-7,12-13,15-16H,8-11,14H2,1-3H3,(H,22,24). The van der Waals surface area contributed by atoms with E-state index in [1.54, 1.807) is 31.7 Å². The minimum absolute atomic E-state index is 0.0422. The summed E-state index contributed by atoms with van der Waals surface area (Å²) in [7, 11) is -0.238. The van der Waals surface area contributed by atoms with Crippen LogP contribution in [-0.4, -0.2) is 45.9 Å². The molecule has 0 saturated carbocycles. The maximum Gasteiger partial charge on any atom is 0.252 e. The smallest absolute Gasteiger partial charge is 0.252 e. The van der Waals surface area contributed by atoms with Gasteiger partial charge in [-0.1, -0.05) is 13.0 Å². The van der Waals surface area contributed by atoms with Gasteiger partial charge < -0.3 is 14.8 Å². The number of benzene rings is 1. The molecule has 7 nitrogen and oxygen atoms in total. The van der Waals surface area contributed by atoms with Crippen LogP contribution in [0.2, 0.25) is 0 Å². The summed E-state index contributed by atoms with van der Waals surface area (Å²) >= 11 is 1.23. The van der Waals surface area contributed by atoms with E-state index in [1.807, 2.05) is 25.1 Å². The fourth-order valence-corrected chi connectivity index (χ4v) is 6.35. The molecule has 1 atom stereocenters. The van der Waals surface area contributed by atoms with E-state index < -0.39 is 10.0 Å². The predicted octanol–water partition coefficient (Wildman–Crippen LogP) is 3.12. The van der Waals surface area contributed by atoms with Crippen molar-refractivity contribution in [1.29, 1.82) is 0 Å². The number of hydrogen-bond acceptors (Lipinski definition) is 6. The van der Waals surface area contributed by atoms with Gasteiger partial charge in [-0.3, -0.25) is 4.79 Å². The van der Waals surface area contributed by atoms with E-state index >= 15 is 0 Å². The third-order valence-electron chi connectivity index (χ3n) is 5.65. The van der Waals surface area contributed by atoms with Crippen LogP contribution >= 0.6 is 11.3 Å². The Morgan fingerprint density at radius 3 is 2.57 bits per heavy atom. The molecule has 0 spiro atoms. The molecule has 1 unspecified atom stereocenters. The number of sulfonamides is 1. The van der Waals surface area contributed by atoms with E-state index in [2.05, 4.69) is 5.32 Å². The van der Waals surface area contributed by atoms with Crippen molar-refractivity contribution in [2.24, 2.45) is 11.8 Å². The molecule has 1 aromatic heterocycles. The van der Waals surface area contributed by atoms with Crippen molar-refractivity contribution in [3.63, 3.8) is 0 Å². The first-order valence-electron chi connectivity index (χ1n) is 9.89. The Morgan fingerprint density at radius 1 is 1.23 bits per heavy atom. The first-order chi connectivity index (χ1) is 14.4. The van der Waals surface area contributed by atoms with E-state index in [-0.39, 0.29) is 17.7 Å². The lowest BCUT2D eigenvalue weighted by Crippen LogP contribution is -2.42. The third kappa shape index (κ3) is 4.96. The highest BCUT2D eigenvalue weighted by atomic mass is 32.2. The zero-order valence-corrected chi connectivity index (χ0v) is 19.1. The van der Waals surface area contributed by atoms with Crippen LogP contribution in [0.15, 0.2) is 39.9 Å². The van der Waals surface area contributed by atoms with Gasteiger partial charge in [0.2, 0.25) is 5.91 Å². The summed E-state index contributed by atoms with van der Waals surface area (Å²) in [6.07, 6.45) is 1.34. The van der Waals surface area contributed by atoms with E-state index in [0.717, 1.165) is 5.56 Å². The lowest BCUT2D eigenvalue weighted by atomic mass is 9.85. The van der Waals surface area contributed by atoms with Crippen molar-refractivity contribution >= 4 is 27.3 Å². The molecule has 1 aliphatic rings. The monoisotopic (exact) mass is 452 g/mol. The first-order valence-corrected chi connectivity index (χ1v) is 12.2. The van der Waals surface area contributed by atoms with Crippen LogP contribution in [0.5, 0.6) is 11.5 Å². The SMILES string of the molecule is COc1ccc(OC)c(CNC(=O)C(C)C2CCN(S(=O)(=O)c3cccs3)CC2)c1. The molecule has 0 bridgehead atoms. The molecular formula is C21H28N2O5S2. The minimum Gasteiger partial charge on any atom is -0.497 e. The second-order valence-corrected chi connectivity index (χ2v) is 10.5. The van der Waals surface area contributed by atoms with Gasteiger partial charge in [-0.15, -0.1) is 11.3 Å². The van der Waals surface area contributed by atoms with Gasteiger partial charge in [0.05, 0.1) is 14.2 Å². The maximum atomic E-state index is 12.7. The number of nitrogens with zero attached hydrogens (tertiary/aromatic N) is 1. The number of nitrogens with one attached hydrogen (secondary N) is 1. The van der Waals surface area contributed by atoms with Crippen LogP contribution in [-0.2, 0) is 21.4 Å². The van der Waals surface area contributed by atoms with Gasteiger partial charge in [-0.05, 0) is 48.4 Å². The number of methoxy groups -OCH3 is 2. The summed E-state index contributed by atoms with van der Waals surface area (Å²) in [5.41, 5.74) is 0.842. The lowest BCUT2D eigenvalue weighted by Gasteiger charge is -2.33. The Labute approximate surface area is 182 Å². The molecule has 9 heteroatoms. The normalized spacial score (nSPS) is 16.8. The summed E-state index contributed by atoms with van der Waals surface area (Å²) in [6, 6.07) is 8.85. The summed E-state index contributed by atoms with van der Waals surface area (Å²) < 4.78 is 37.8. The number of rotatable bonds is 8. The Morgan fingerprint density at radius 2 is 1.97 bits per heavy atom. The maximum absolute atomic E-state index is 12.7. The van der Waals surface area contributed by atoms with Crippen molar-refractivity contribution in [1.82, 2.24) is 9.62 Å². The number of ether oxygens (including phenoxy) is 2. The average Bonchev–Trinajstić information content (AvgIpc) is 3.32. The van der Waals surface area contributed by atoms with Crippen molar-refractivity contribution in [3.8, 4) is 11.5 Å². The van der Waals surface area contributed by atoms with E-state index in [4.69, 9.17) is 9.47 Å². The summed E-state index contributed by atoms with van der Waals surface area (Å²) in [6.45, 7) is 3.12. The molecule has 2 aromatic rings. The Balaban J connectivity index is 1.55. The molecule has 164 valence electrons. The molecule has 1 aromatic carbocycles. The number of thiophene rings is 1. The van der Waals surface area contributed by atoms with Crippen molar-refractivity contribution in [2.45, 2.75) is 30.5 Å². The summed E-state index contributed by atoms with van der Waals surface area (Å²) in [5.74, 6) is 1.29. The molecular weight excluding hydrogens is 424 g/mol.